The zero-order chi connectivity index (χ0) is 29.0. The van der Waals surface area contributed by atoms with Crippen LogP contribution in [0.15, 0.2) is 57.2 Å². The van der Waals surface area contributed by atoms with E-state index in [1.807, 2.05) is 23.6 Å². The minimum Gasteiger partial charge on any atom is -0.444 e. The molecule has 13 heteroatoms. The molecule has 39 heavy (non-hydrogen) atoms. The van der Waals surface area contributed by atoms with Crippen LogP contribution < -0.4 is 10.6 Å². The van der Waals surface area contributed by atoms with Crippen molar-refractivity contribution in [1.29, 1.82) is 0 Å². The molecule has 208 valence electrons. The van der Waals surface area contributed by atoms with Gasteiger partial charge in [0.15, 0.2) is 10.7 Å². The maximum Gasteiger partial charge on any atom is 0.442 e. The van der Waals surface area contributed by atoms with Gasteiger partial charge in [-0.25, -0.2) is 13.8 Å². The summed E-state index contributed by atoms with van der Waals surface area (Å²) in [5.41, 5.74) is -0.156. The largest absolute Gasteiger partial charge is 0.444 e. The summed E-state index contributed by atoms with van der Waals surface area (Å²) in [7, 11) is -3.26. The number of amides is 3. The van der Waals surface area contributed by atoms with E-state index in [1.54, 1.807) is 53.7 Å². The average molecular weight is 574 g/mol. The fourth-order valence-electron chi connectivity index (χ4n) is 3.07. The lowest BCUT2D eigenvalue weighted by molar-refractivity contribution is 0.0603. The first-order valence-corrected chi connectivity index (χ1v) is 14.6. The standard InChI is InChI=1S/C26H31N5O6S2/c1-25(2,3)36-23(33)28-17-11-10-16(20-9-8-14-38-20)15-19(17)27-22(32)18-12-13-21(30-29-18)39(7,35)31-24(34)37-26(4,5)6/h8-15H,1-7H3,(H,27,32)(H,28,33). The normalized spacial score (nSPS) is 13.1. The van der Waals surface area contributed by atoms with Gasteiger partial charge >= 0.3 is 12.2 Å². The second-order valence-corrected chi connectivity index (χ2v) is 13.6. The van der Waals surface area contributed by atoms with Gasteiger partial charge in [0, 0.05) is 11.1 Å². The Balaban J connectivity index is 1.86. The molecule has 3 rings (SSSR count). The van der Waals surface area contributed by atoms with Crippen LogP contribution in [0, 0.1) is 0 Å². The monoisotopic (exact) mass is 573 g/mol. The number of anilines is 2. The van der Waals surface area contributed by atoms with Crippen molar-refractivity contribution in [1.82, 2.24) is 10.2 Å². The van der Waals surface area contributed by atoms with Crippen molar-refractivity contribution < 1.29 is 28.1 Å². The first-order valence-electron chi connectivity index (χ1n) is 11.8. The van der Waals surface area contributed by atoms with E-state index >= 15 is 0 Å². The van der Waals surface area contributed by atoms with Gasteiger partial charge in [0.05, 0.1) is 11.4 Å². The van der Waals surface area contributed by atoms with E-state index < -0.39 is 39.0 Å². The lowest BCUT2D eigenvalue weighted by Gasteiger charge is -2.20. The number of thiophene rings is 1. The zero-order valence-corrected chi connectivity index (χ0v) is 24.4. The fraction of sp³-hybridized carbons (Fsp3) is 0.346. The molecule has 11 nitrogen and oxygen atoms in total. The van der Waals surface area contributed by atoms with Crippen molar-refractivity contribution >= 4 is 50.5 Å². The number of hydrogen-bond acceptors (Lipinski definition) is 9. The second-order valence-electron chi connectivity index (χ2n) is 10.4. The van der Waals surface area contributed by atoms with Gasteiger partial charge in [0.1, 0.15) is 20.9 Å². The molecule has 1 aromatic carbocycles. The van der Waals surface area contributed by atoms with Crippen molar-refractivity contribution in [2.75, 3.05) is 16.9 Å². The fourth-order valence-corrected chi connectivity index (χ4v) is 4.72. The van der Waals surface area contributed by atoms with Crippen molar-refractivity contribution in [3.63, 3.8) is 0 Å². The molecule has 1 unspecified atom stereocenters. The topological polar surface area (TPSA) is 149 Å². The van der Waals surface area contributed by atoms with Crippen LogP contribution in [0.1, 0.15) is 52.0 Å². The smallest absolute Gasteiger partial charge is 0.442 e. The van der Waals surface area contributed by atoms with E-state index in [0.29, 0.717) is 11.4 Å². The van der Waals surface area contributed by atoms with E-state index in [4.69, 9.17) is 9.47 Å². The average Bonchev–Trinajstić information content (AvgIpc) is 3.32. The highest BCUT2D eigenvalue weighted by atomic mass is 32.2. The Kier molecular flexibility index (Phi) is 8.76. The molecule has 1 atom stereocenters. The van der Waals surface area contributed by atoms with E-state index in [-0.39, 0.29) is 10.7 Å². The maximum absolute atomic E-state index is 13.1. The van der Waals surface area contributed by atoms with Gasteiger partial charge in [0.25, 0.3) is 5.91 Å². The van der Waals surface area contributed by atoms with Crippen LogP contribution in [0.3, 0.4) is 0 Å². The Morgan fingerprint density at radius 3 is 2.15 bits per heavy atom. The summed E-state index contributed by atoms with van der Waals surface area (Å²) in [6.45, 7) is 10.2. The molecule has 0 radical (unpaired) electrons. The minimum absolute atomic E-state index is 0.0862. The molecule has 0 saturated heterocycles. The van der Waals surface area contributed by atoms with Crippen LogP contribution in [0.2, 0.25) is 0 Å². The molecule has 0 aliphatic heterocycles. The Bertz CT molecular complexity index is 1480. The number of hydrogen-bond donors (Lipinski definition) is 2. The maximum atomic E-state index is 13.1. The van der Waals surface area contributed by atoms with Gasteiger partial charge in [-0.3, -0.25) is 10.1 Å². The Morgan fingerprint density at radius 1 is 0.897 bits per heavy atom. The molecular weight excluding hydrogens is 542 g/mol. The van der Waals surface area contributed by atoms with E-state index in [9.17, 15) is 18.6 Å². The molecule has 3 aromatic rings. The number of carbonyl (C=O) groups excluding carboxylic acids is 3. The van der Waals surface area contributed by atoms with E-state index in [2.05, 4.69) is 25.2 Å². The summed E-state index contributed by atoms with van der Waals surface area (Å²) in [4.78, 5) is 38.4. The highest BCUT2D eigenvalue weighted by Crippen LogP contribution is 2.32. The summed E-state index contributed by atoms with van der Waals surface area (Å²) in [5.74, 6) is -0.628. The lowest BCUT2D eigenvalue weighted by atomic mass is 10.1. The molecule has 0 spiro atoms. The summed E-state index contributed by atoms with van der Waals surface area (Å²) in [6, 6.07) is 11.7. The SMILES string of the molecule is CC(C)(C)OC(=O)N=S(C)(=O)c1ccc(C(=O)Nc2cc(-c3cccs3)ccc2NC(=O)OC(C)(C)C)nn1. The first kappa shape index (κ1) is 29.7. The number of carbonyl (C=O) groups is 3. The molecule has 0 saturated carbocycles. The number of benzene rings is 1. The predicted molar refractivity (Wildman–Crippen MR) is 151 cm³/mol. The number of ether oxygens (including phenoxy) is 2. The van der Waals surface area contributed by atoms with Crippen LogP contribution in [-0.4, -0.2) is 50.0 Å². The van der Waals surface area contributed by atoms with Crippen molar-refractivity contribution in [3.8, 4) is 10.4 Å². The molecule has 2 heterocycles. The predicted octanol–water partition coefficient (Wildman–Crippen LogP) is 6.20. The van der Waals surface area contributed by atoms with Gasteiger partial charge in [-0.2, -0.15) is 0 Å². The van der Waals surface area contributed by atoms with Crippen LogP contribution in [0.5, 0.6) is 0 Å². The number of nitrogens with one attached hydrogen (secondary N) is 2. The van der Waals surface area contributed by atoms with Crippen LogP contribution in [0.25, 0.3) is 10.4 Å². The van der Waals surface area contributed by atoms with Gasteiger partial charge in [-0.1, -0.05) is 12.1 Å². The van der Waals surface area contributed by atoms with E-state index in [0.717, 1.165) is 10.4 Å². The molecule has 2 aromatic heterocycles. The van der Waals surface area contributed by atoms with Crippen LogP contribution >= 0.6 is 11.3 Å². The highest BCUT2D eigenvalue weighted by molar-refractivity contribution is 7.93. The molecule has 2 N–H and O–H groups in total. The van der Waals surface area contributed by atoms with Crippen LogP contribution in [0.4, 0.5) is 21.0 Å². The first-order chi connectivity index (χ1) is 18.0. The molecule has 0 aliphatic carbocycles. The molecule has 0 fully saturated rings. The molecule has 0 aliphatic rings. The summed E-state index contributed by atoms with van der Waals surface area (Å²) in [5, 5.41) is 15.0. The third-order valence-corrected chi connectivity index (χ3v) is 7.02. The Labute approximate surface area is 231 Å². The van der Waals surface area contributed by atoms with Gasteiger partial charge < -0.3 is 14.8 Å². The quantitative estimate of drug-likeness (QED) is 0.367. The summed E-state index contributed by atoms with van der Waals surface area (Å²) >= 11 is 1.52. The number of rotatable bonds is 5. The summed E-state index contributed by atoms with van der Waals surface area (Å²) in [6.07, 6.45) is -0.447. The van der Waals surface area contributed by atoms with Crippen molar-refractivity contribution in [2.24, 2.45) is 4.36 Å². The van der Waals surface area contributed by atoms with Gasteiger partial charge in [0.2, 0.25) is 0 Å². The van der Waals surface area contributed by atoms with Crippen molar-refractivity contribution in [2.45, 2.75) is 57.8 Å². The third kappa shape index (κ3) is 8.86. The third-order valence-electron chi connectivity index (χ3n) is 4.61. The van der Waals surface area contributed by atoms with Gasteiger partial charge in [-0.05, 0) is 82.8 Å². The summed E-state index contributed by atoms with van der Waals surface area (Å²) < 4.78 is 27.0. The molecule has 0 bridgehead atoms. The van der Waals surface area contributed by atoms with E-state index in [1.165, 1.54) is 29.7 Å². The number of aromatic nitrogens is 2. The Morgan fingerprint density at radius 2 is 1.59 bits per heavy atom. The minimum atomic E-state index is -3.26. The zero-order valence-electron chi connectivity index (χ0n) is 22.7. The highest BCUT2D eigenvalue weighted by Gasteiger charge is 2.21. The van der Waals surface area contributed by atoms with Crippen LogP contribution in [-0.2, 0) is 19.2 Å². The van der Waals surface area contributed by atoms with Crippen molar-refractivity contribution in [3.05, 3.63) is 53.5 Å². The Hall–Kier alpha value is -3.84. The second kappa shape index (κ2) is 11.5. The molecule has 3 amide bonds. The number of nitrogens with zero attached hydrogens (tertiary/aromatic N) is 3. The van der Waals surface area contributed by atoms with Gasteiger partial charge in [-0.15, -0.1) is 25.9 Å². The lowest BCUT2D eigenvalue weighted by Crippen LogP contribution is -2.27. The molecular formula is C26H31N5O6S2.